The minimum absolute atomic E-state index is 0.0443. The number of aromatic nitrogens is 1. The number of hydrogen-bond donors (Lipinski definition) is 7. The summed E-state index contributed by atoms with van der Waals surface area (Å²) in [5.74, 6) is -3.16. The molecule has 0 bridgehead atoms. The van der Waals surface area contributed by atoms with Gasteiger partial charge in [0.1, 0.15) is 23.9 Å². The monoisotopic (exact) mass is 627 g/mol. The first-order valence-corrected chi connectivity index (χ1v) is 15.3. The lowest BCUT2D eigenvalue weighted by molar-refractivity contribution is -0.142. The lowest BCUT2D eigenvalue weighted by Crippen LogP contribution is -2.58. The quantitative estimate of drug-likeness (QED) is 0.106. The maximum atomic E-state index is 13.9. The van der Waals surface area contributed by atoms with Crippen molar-refractivity contribution in [2.45, 2.75) is 63.7 Å². The number of aliphatic carboxylic acids is 1. The molecule has 0 saturated heterocycles. The van der Waals surface area contributed by atoms with Crippen molar-refractivity contribution >= 4 is 34.6 Å². The number of phenolic OH excluding ortho intramolecular Hbond substituents is 1. The van der Waals surface area contributed by atoms with Gasteiger partial charge in [-0.25, -0.2) is 4.79 Å². The summed E-state index contributed by atoms with van der Waals surface area (Å²) in [6.07, 6.45) is 2.55. The molecule has 0 radical (unpaired) electrons. The first kappa shape index (κ1) is 33.7. The molecule has 242 valence electrons. The number of rotatable bonds is 15. The lowest BCUT2D eigenvalue weighted by atomic mass is 9.98. The number of para-hydroxylation sites is 1. The molecule has 3 aromatic carbocycles. The third-order valence-electron chi connectivity index (χ3n) is 8.20. The number of fused-ring (bicyclic) bond motifs is 1. The Labute approximate surface area is 267 Å². The molecule has 4 aromatic rings. The third-order valence-corrected chi connectivity index (χ3v) is 8.20. The number of aromatic hydroxyl groups is 1. The van der Waals surface area contributed by atoms with Gasteiger partial charge in [0.25, 0.3) is 0 Å². The van der Waals surface area contributed by atoms with Gasteiger partial charge >= 0.3 is 5.97 Å². The van der Waals surface area contributed by atoms with E-state index in [1.165, 1.54) is 12.1 Å². The number of carbonyl (C=O) groups is 4. The van der Waals surface area contributed by atoms with Crippen LogP contribution in [0.15, 0.2) is 85.1 Å². The summed E-state index contributed by atoms with van der Waals surface area (Å²) in [7, 11) is 0. The Morgan fingerprint density at radius 3 is 1.93 bits per heavy atom. The van der Waals surface area contributed by atoms with Gasteiger partial charge in [-0.15, -0.1) is 0 Å². The van der Waals surface area contributed by atoms with E-state index in [9.17, 15) is 29.4 Å². The third kappa shape index (κ3) is 8.95. The highest BCUT2D eigenvalue weighted by atomic mass is 16.4. The molecule has 1 aromatic heterocycles. The van der Waals surface area contributed by atoms with E-state index in [2.05, 4.69) is 20.9 Å². The van der Waals surface area contributed by atoms with Gasteiger partial charge in [-0.3, -0.25) is 14.4 Å². The highest BCUT2D eigenvalue weighted by molar-refractivity contribution is 5.95. The molecule has 11 heteroatoms. The van der Waals surface area contributed by atoms with Gasteiger partial charge in [0.15, 0.2) is 0 Å². The van der Waals surface area contributed by atoms with Gasteiger partial charge in [-0.05, 0) is 40.8 Å². The largest absolute Gasteiger partial charge is 0.508 e. The zero-order valence-electron chi connectivity index (χ0n) is 25.9. The molecule has 5 atom stereocenters. The maximum Gasteiger partial charge on any atom is 0.326 e. The molecule has 0 saturated carbocycles. The van der Waals surface area contributed by atoms with Crippen molar-refractivity contribution in [2.24, 2.45) is 11.7 Å². The number of carboxylic acid groups (broad SMARTS) is 1. The Morgan fingerprint density at radius 2 is 1.28 bits per heavy atom. The molecule has 46 heavy (non-hydrogen) atoms. The molecule has 4 rings (SSSR count). The van der Waals surface area contributed by atoms with Crippen LogP contribution >= 0.6 is 0 Å². The normalized spacial score (nSPS) is 14.4. The lowest BCUT2D eigenvalue weighted by Gasteiger charge is -2.26. The number of carbonyl (C=O) groups excluding carboxylic acids is 3. The van der Waals surface area contributed by atoms with E-state index in [1.807, 2.05) is 44.2 Å². The highest BCUT2D eigenvalue weighted by Crippen LogP contribution is 2.20. The Kier molecular flexibility index (Phi) is 11.5. The minimum Gasteiger partial charge on any atom is -0.508 e. The number of H-pyrrole nitrogens is 1. The molecule has 5 unspecified atom stereocenters. The predicted molar refractivity (Wildman–Crippen MR) is 175 cm³/mol. The highest BCUT2D eigenvalue weighted by Gasteiger charge is 2.32. The smallest absolute Gasteiger partial charge is 0.326 e. The fraction of sp³-hybridized carbons (Fsp3) is 0.314. The summed E-state index contributed by atoms with van der Waals surface area (Å²) in [6, 6.07) is 18.2. The van der Waals surface area contributed by atoms with Crippen LogP contribution < -0.4 is 21.7 Å². The molecule has 0 aliphatic carbocycles. The summed E-state index contributed by atoms with van der Waals surface area (Å²) in [5.41, 5.74) is 9.13. The first-order chi connectivity index (χ1) is 22.0. The topological polar surface area (TPSA) is 187 Å². The van der Waals surface area contributed by atoms with E-state index in [0.717, 1.165) is 22.0 Å². The van der Waals surface area contributed by atoms with Crippen molar-refractivity contribution in [3.63, 3.8) is 0 Å². The molecule has 3 amide bonds. The summed E-state index contributed by atoms with van der Waals surface area (Å²) >= 11 is 0. The summed E-state index contributed by atoms with van der Waals surface area (Å²) in [6.45, 7) is 3.75. The van der Waals surface area contributed by atoms with Gasteiger partial charge in [0, 0.05) is 36.4 Å². The zero-order valence-corrected chi connectivity index (χ0v) is 25.9. The van der Waals surface area contributed by atoms with Crippen molar-refractivity contribution < 1.29 is 29.4 Å². The van der Waals surface area contributed by atoms with Crippen LogP contribution in [0.5, 0.6) is 5.75 Å². The minimum atomic E-state index is -1.25. The molecular formula is C35H41N5O6. The molecular weight excluding hydrogens is 586 g/mol. The molecule has 0 aliphatic heterocycles. The van der Waals surface area contributed by atoms with E-state index in [1.54, 1.807) is 42.6 Å². The van der Waals surface area contributed by atoms with Gasteiger partial charge in [-0.2, -0.15) is 0 Å². The van der Waals surface area contributed by atoms with Crippen molar-refractivity contribution in [2.75, 3.05) is 0 Å². The second-order valence-electron chi connectivity index (χ2n) is 11.6. The molecule has 0 fully saturated rings. The van der Waals surface area contributed by atoms with Crippen molar-refractivity contribution in [3.05, 3.63) is 102 Å². The molecule has 0 aliphatic rings. The average Bonchev–Trinajstić information content (AvgIpc) is 3.46. The standard InChI is InChI=1S/C35H41N5O6/c1-3-21(2)31(36)34(44)39-28(17-23-13-15-25(41)16-14-23)32(42)38-29(19-24-20-37-27-12-8-7-11-26(24)27)33(43)40-30(35(45)46)18-22-9-5-4-6-10-22/h4-16,20-21,28-31,37,41H,3,17-19,36H2,1-2H3,(H,38,42)(H,39,44)(H,40,43)(H,45,46). The van der Waals surface area contributed by atoms with E-state index < -0.39 is 47.9 Å². The van der Waals surface area contributed by atoms with Gasteiger partial charge in [0.2, 0.25) is 17.7 Å². The number of carboxylic acids is 1. The second-order valence-corrected chi connectivity index (χ2v) is 11.6. The van der Waals surface area contributed by atoms with E-state index in [4.69, 9.17) is 5.73 Å². The number of nitrogens with two attached hydrogens (primary N) is 1. The maximum absolute atomic E-state index is 13.9. The zero-order chi connectivity index (χ0) is 33.2. The van der Waals surface area contributed by atoms with Crippen LogP contribution in [-0.4, -0.2) is 63.1 Å². The Morgan fingerprint density at radius 1 is 0.739 bits per heavy atom. The Hall–Kier alpha value is -5.16. The van der Waals surface area contributed by atoms with E-state index in [-0.39, 0.29) is 30.9 Å². The van der Waals surface area contributed by atoms with Crippen LogP contribution in [0.2, 0.25) is 0 Å². The van der Waals surface area contributed by atoms with Gasteiger partial charge in [-0.1, -0.05) is 80.9 Å². The van der Waals surface area contributed by atoms with Crippen LogP contribution in [0.4, 0.5) is 0 Å². The number of nitrogens with one attached hydrogen (secondary N) is 4. The predicted octanol–water partition coefficient (Wildman–Crippen LogP) is 2.81. The van der Waals surface area contributed by atoms with Crippen LogP contribution in [0.25, 0.3) is 10.9 Å². The van der Waals surface area contributed by atoms with Crippen LogP contribution in [0, 0.1) is 5.92 Å². The van der Waals surface area contributed by atoms with Gasteiger partial charge < -0.3 is 36.9 Å². The summed E-state index contributed by atoms with van der Waals surface area (Å²) < 4.78 is 0. The van der Waals surface area contributed by atoms with Crippen LogP contribution in [0.3, 0.4) is 0 Å². The molecule has 11 nitrogen and oxygen atoms in total. The summed E-state index contributed by atoms with van der Waals surface area (Å²) in [4.78, 5) is 56.2. The Bertz CT molecular complexity index is 1640. The van der Waals surface area contributed by atoms with Crippen molar-refractivity contribution in [1.82, 2.24) is 20.9 Å². The van der Waals surface area contributed by atoms with E-state index in [0.29, 0.717) is 12.0 Å². The van der Waals surface area contributed by atoms with Crippen molar-refractivity contribution in [1.29, 1.82) is 0 Å². The van der Waals surface area contributed by atoms with Crippen LogP contribution in [0.1, 0.15) is 37.0 Å². The fourth-order valence-electron chi connectivity index (χ4n) is 5.18. The van der Waals surface area contributed by atoms with E-state index >= 15 is 0 Å². The first-order valence-electron chi connectivity index (χ1n) is 15.3. The number of amides is 3. The molecule has 1 heterocycles. The summed E-state index contributed by atoms with van der Waals surface area (Å²) in [5, 5.41) is 28.7. The number of benzene rings is 3. The fourth-order valence-corrected chi connectivity index (χ4v) is 5.18. The van der Waals surface area contributed by atoms with Crippen LogP contribution in [-0.2, 0) is 38.4 Å². The Balaban J connectivity index is 1.62. The molecule has 0 spiro atoms. The molecule has 8 N–H and O–H groups in total. The number of aromatic amines is 1. The number of hydrogen-bond acceptors (Lipinski definition) is 6. The van der Waals surface area contributed by atoms with Crippen molar-refractivity contribution in [3.8, 4) is 5.75 Å². The second kappa shape index (κ2) is 15.7. The number of phenols is 1. The van der Waals surface area contributed by atoms with Gasteiger partial charge in [0.05, 0.1) is 6.04 Å². The SMILES string of the molecule is CCC(C)C(N)C(=O)NC(Cc1ccc(O)cc1)C(=O)NC(Cc1c[nH]c2ccccc12)C(=O)NC(Cc1ccccc1)C(=O)O. The average molecular weight is 628 g/mol.